The molecule has 0 fully saturated rings. The quantitative estimate of drug-likeness (QED) is 0.157. The molecule has 0 bridgehead atoms. The van der Waals surface area contributed by atoms with Gasteiger partial charge in [-0.2, -0.15) is 0 Å². The normalized spacial score (nSPS) is 15.9. The summed E-state index contributed by atoms with van der Waals surface area (Å²) < 4.78 is 30.2. The van der Waals surface area contributed by atoms with E-state index in [0.717, 1.165) is 11.2 Å². The zero-order valence-electron chi connectivity index (χ0n) is 23.0. The first-order valence-electron chi connectivity index (χ1n) is 12.6. The molecule has 2 aromatic rings. The van der Waals surface area contributed by atoms with Gasteiger partial charge in [0, 0.05) is 12.8 Å². The van der Waals surface area contributed by atoms with Crippen LogP contribution < -0.4 is 11.3 Å². The van der Waals surface area contributed by atoms with Gasteiger partial charge in [0.2, 0.25) is 0 Å². The van der Waals surface area contributed by atoms with Crippen LogP contribution in [0.15, 0.2) is 42.5 Å². The number of hydrogen-bond acceptors (Lipinski definition) is 8. The maximum Gasteiger partial charge on any atom is 0.315 e. The Balaban J connectivity index is 2.30. The highest BCUT2D eigenvalue weighted by molar-refractivity contribution is 7.92. The third-order valence-corrected chi connectivity index (χ3v) is 8.56. The molecule has 3 N–H and O–H groups in total. The SMILES string of the molecule is CCC[C@](C(=O)NN)(c1ccc(C)cc1[C@H](CN1C(=O)c2ccccc2C1=O)C(=O)OC(C)(C)C)S(C)(=O)=O. The number of sulfone groups is 1. The van der Waals surface area contributed by atoms with Crippen LogP contribution in [0.5, 0.6) is 0 Å². The number of hydrogen-bond donors (Lipinski definition) is 2. The number of imide groups is 1. The fourth-order valence-electron chi connectivity index (χ4n) is 4.99. The molecule has 0 spiro atoms. The molecule has 39 heavy (non-hydrogen) atoms. The van der Waals surface area contributed by atoms with Crippen LogP contribution in [0, 0.1) is 6.92 Å². The summed E-state index contributed by atoms with van der Waals surface area (Å²) in [5.41, 5.74) is 2.31. The molecule has 0 unspecified atom stereocenters. The van der Waals surface area contributed by atoms with Crippen molar-refractivity contribution in [3.05, 3.63) is 70.3 Å². The van der Waals surface area contributed by atoms with Gasteiger partial charge in [0.05, 0.1) is 11.1 Å². The van der Waals surface area contributed by atoms with E-state index in [1.807, 2.05) is 5.43 Å². The topological polar surface area (TPSA) is 153 Å². The highest BCUT2D eigenvalue weighted by Crippen LogP contribution is 2.41. The van der Waals surface area contributed by atoms with Crippen molar-refractivity contribution in [2.24, 2.45) is 5.84 Å². The van der Waals surface area contributed by atoms with Crippen LogP contribution in [0.25, 0.3) is 0 Å². The molecule has 0 radical (unpaired) electrons. The smallest absolute Gasteiger partial charge is 0.315 e. The van der Waals surface area contributed by atoms with Crippen LogP contribution in [0.4, 0.5) is 0 Å². The Morgan fingerprint density at radius 1 is 1.05 bits per heavy atom. The molecule has 2 atom stereocenters. The summed E-state index contributed by atoms with van der Waals surface area (Å²) in [6.07, 6.45) is 1.11. The number of aryl methyl sites for hydroxylation is 1. The third kappa shape index (κ3) is 5.60. The molecule has 3 amide bonds. The molecular formula is C28H35N3O7S. The van der Waals surface area contributed by atoms with Crippen molar-refractivity contribution in [1.82, 2.24) is 10.3 Å². The van der Waals surface area contributed by atoms with E-state index >= 15 is 0 Å². The van der Waals surface area contributed by atoms with Gasteiger partial charge in [-0.15, -0.1) is 0 Å². The summed E-state index contributed by atoms with van der Waals surface area (Å²) in [5.74, 6) is 1.28. The monoisotopic (exact) mass is 557 g/mol. The zero-order valence-corrected chi connectivity index (χ0v) is 23.8. The number of carbonyl (C=O) groups is 4. The lowest BCUT2D eigenvalue weighted by atomic mass is 9.82. The summed E-state index contributed by atoms with van der Waals surface area (Å²) in [6, 6.07) is 11.0. The van der Waals surface area contributed by atoms with Gasteiger partial charge in [-0.3, -0.25) is 29.5 Å². The van der Waals surface area contributed by atoms with Crippen LogP contribution >= 0.6 is 0 Å². The van der Waals surface area contributed by atoms with Crippen LogP contribution in [0.2, 0.25) is 0 Å². The van der Waals surface area contributed by atoms with Crippen molar-refractivity contribution < 1.29 is 32.3 Å². The Morgan fingerprint density at radius 2 is 1.62 bits per heavy atom. The van der Waals surface area contributed by atoms with E-state index in [1.54, 1.807) is 58.9 Å². The molecule has 210 valence electrons. The lowest BCUT2D eigenvalue weighted by Crippen LogP contribution is -2.52. The second-order valence-electron chi connectivity index (χ2n) is 10.8. The highest BCUT2D eigenvalue weighted by atomic mass is 32.2. The Kier molecular flexibility index (Phi) is 8.37. The van der Waals surface area contributed by atoms with Crippen molar-refractivity contribution in [2.75, 3.05) is 12.8 Å². The molecule has 10 nitrogen and oxygen atoms in total. The molecule has 2 aromatic carbocycles. The standard InChI is InChI=1S/C28H35N3O7S/c1-7-14-28(26(35)30-29,39(6,36)37)22-13-12-17(2)15-20(22)21(25(34)38-27(3,4)5)16-31-23(32)18-10-8-9-11-19(18)24(31)33/h8-13,15,21H,7,14,16,29H2,1-6H3,(H,30,35)/t21-,28+/m0/s1. The molecule has 0 aliphatic carbocycles. The zero-order chi connectivity index (χ0) is 29.3. The maximum absolute atomic E-state index is 13.7. The third-order valence-electron chi connectivity index (χ3n) is 6.69. The van der Waals surface area contributed by atoms with Crippen molar-refractivity contribution in [3.8, 4) is 0 Å². The first-order valence-corrected chi connectivity index (χ1v) is 14.5. The number of esters is 1. The predicted molar refractivity (Wildman–Crippen MR) is 145 cm³/mol. The number of amides is 3. The minimum absolute atomic E-state index is 0.0351. The van der Waals surface area contributed by atoms with Crippen LogP contribution in [0.1, 0.15) is 83.9 Å². The molecule has 11 heteroatoms. The minimum Gasteiger partial charge on any atom is -0.459 e. The molecule has 0 aromatic heterocycles. The van der Waals surface area contributed by atoms with E-state index in [2.05, 4.69) is 0 Å². The second-order valence-corrected chi connectivity index (χ2v) is 13.0. The van der Waals surface area contributed by atoms with Gasteiger partial charge in [0.25, 0.3) is 17.7 Å². The molecular weight excluding hydrogens is 522 g/mol. The van der Waals surface area contributed by atoms with Crippen molar-refractivity contribution in [3.63, 3.8) is 0 Å². The van der Waals surface area contributed by atoms with Crippen molar-refractivity contribution >= 4 is 33.5 Å². The molecule has 0 saturated carbocycles. The van der Waals surface area contributed by atoms with Gasteiger partial charge in [-0.25, -0.2) is 14.3 Å². The predicted octanol–water partition coefficient (Wildman–Crippen LogP) is 2.75. The largest absolute Gasteiger partial charge is 0.459 e. The molecule has 3 rings (SSSR count). The number of nitrogens with one attached hydrogen (secondary N) is 1. The number of benzene rings is 2. The van der Waals surface area contributed by atoms with E-state index in [0.29, 0.717) is 12.0 Å². The maximum atomic E-state index is 13.7. The Morgan fingerprint density at radius 3 is 2.08 bits per heavy atom. The van der Waals surface area contributed by atoms with Gasteiger partial charge in [-0.05, 0) is 57.4 Å². The number of carbonyl (C=O) groups excluding carboxylic acids is 4. The van der Waals surface area contributed by atoms with Gasteiger partial charge in [-0.1, -0.05) is 49.2 Å². The van der Waals surface area contributed by atoms with Gasteiger partial charge >= 0.3 is 5.97 Å². The van der Waals surface area contributed by atoms with E-state index in [9.17, 15) is 27.6 Å². The number of ether oxygens (including phenoxy) is 1. The number of nitrogens with two attached hydrogens (primary N) is 1. The molecule has 1 heterocycles. The summed E-state index contributed by atoms with van der Waals surface area (Å²) in [7, 11) is -4.17. The number of rotatable bonds is 9. The molecule has 0 saturated heterocycles. The van der Waals surface area contributed by atoms with E-state index < -0.39 is 56.3 Å². The van der Waals surface area contributed by atoms with Crippen molar-refractivity contribution in [2.45, 2.75) is 63.7 Å². The average molecular weight is 558 g/mol. The van der Waals surface area contributed by atoms with Crippen molar-refractivity contribution in [1.29, 1.82) is 0 Å². The Hall–Kier alpha value is -3.57. The van der Waals surface area contributed by atoms with Crippen LogP contribution in [-0.2, 0) is 28.9 Å². The first kappa shape index (κ1) is 30.0. The minimum atomic E-state index is -4.17. The number of nitrogens with zero attached hydrogens (tertiary/aromatic N) is 1. The van der Waals surface area contributed by atoms with Gasteiger partial charge in [0.15, 0.2) is 14.6 Å². The summed E-state index contributed by atoms with van der Waals surface area (Å²) >= 11 is 0. The van der Waals surface area contributed by atoms with Crippen LogP contribution in [0.3, 0.4) is 0 Å². The Bertz CT molecular complexity index is 1390. The Labute approximate surface area is 228 Å². The lowest BCUT2D eigenvalue weighted by molar-refractivity contribution is -0.157. The summed E-state index contributed by atoms with van der Waals surface area (Å²) in [6.45, 7) is 8.05. The first-order chi connectivity index (χ1) is 18.1. The second kappa shape index (κ2) is 10.9. The number of hydrazine groups is 1. The lowest BCUT2D eigenvalue weighted by Gasteiger charge is -2.35. The molecule has 1 aliphatic heterocycles. The fraction of sp³-hybridized carbons (Fsp3) is 0.429. The molecule has 1 aliphatic rings. The van der Waals surface area contributed by atoms with E-state index in [-0.39, 0.29) is 28.7 Å². The fourth-order valence-corrected chi connectivity index (χ4v) is 6.55. The average Bonchev–Trinajstić information content (AvgIpc) is 3.08. The summed E-state index contributed by atoms with van der Waals surface area (Å²) in [5, 5.41) is 0. The summed E-state index contributed by atoms with van der Waals surface area (Å²) in [4.78, 5) is 54.4. The van der Waals surface area contributed by atoms with Crippen LogP contribution in [-0.4, -0.2) is 55.4 Å². The highest BCUT2D eigenvalue weighted by Gasteiger charge is 2.51. The van der Waals surface area contributed by atoms with Gasteiger partial charge in [0.1, 0.15) is 11.5 Å². The van der Waals surface area contributed by atoms with E-state index in [1.165, 1.54) is 18.2 Å². The van der Waals surface area contributed by atoms with E-state index in [4.69, 9.17) is 10.6 Å². The number of fused-ring (bicyclic) bond motifs is 1. The van der Waals surface area contributed by atoms with Gasteiger partial charge < -0.3 is 4.74 Å².